The molecular formula is C18H28N6. The molecule has 1 aliphatic rings. The van der Waals surface area contributed by atoms with Gasteiger partial charge in [0.2, 0.25) is 0 Å². The summed E-state index contributed by atoms with van der Waals surface area (Å²) in [5.41, 5.74) is 1.07. The van der Waals surface area contributed by atoms with Crippen molar-refractivity contribution in [3.63, 3.8) is 0 Å². The lowest BCUT2D eigenvalue weighted by atomic mass is 10.2. The number of aryl methyl sites for hydroxylation is 1. The van der Waals surface area contributed by atoms with E-state index < -0.39 is 0 Å². The molecule has 0 amide bonds. The molecule has 0 N–H and O–H groups in total. The summed E-state index contributed by atoms with van der Waals surface area (Å²) in [5.74, 6) is 2.73. The van der Waals surface area contributed by atoms with E-state index in [1.54, 1.807) is 6.33 Å². The average molecular weight is 328 g/mol. The summed E-state index contributed by atoms with van der Waals surface area (Å²) in [5, 5.41) is 4.38. The fourth-order valence-corrected chi connectivity index (χ4v) is 3.23. The Morgan fingerprint density at radius 3 is 2.79 bits per heavy atom. The van der Waals surface area contributed by atoms with E-state index >= 15 is 0 Å². The molecule has 6 heteroatoms. The number of nitrogens with zero attached hydrogens (tertiary/aromatic N) is 6. The molecule has 1 atom stereocenters. The van der Waals surface area contributed by atoms with Gasteiger partial charge in [-0.25, -0.2) is 14.6 Å². The predicted octanol–water partition coefficient (Wildman–Crippen LogP) is 2.35. The van der Waals surface area contributed by atoms with E-state index in [-0.39, 0.29) is 0 Å². The molecule has 0 spiro atoms. The zero-order valence-corrected chi connectivity index (χ0v) is 15.2. The zero-order chi connectivity index (χ0) is 17.1. The molecule has 24 heavy (non-hydrogen) atoms. The number of rotatable bonds is 5. The summed E-state index contributed by atoms with van der Waals surface area (Å²) in [4.78, 5) is 14.0. The topological polar surface area (TPSA) is 50.1 Å². The van der Waals surface area contributed by atoms with Gasteiger partial charge in [0.15, 0.2) is 0 Å². The van der Waals surface area contributed by atoms with Crippen LogP contribution in [0.25, 0.3) is 0 Å². The lowest BCUT2D eigenvalue weighted by molar-refractivity contribution is 0.172. The van der Waals surface area contributed by atoms with Crippen LogP contribution in [0.15, 0.2) is 24.5 Å². The van der Waals surface area contributed by atoms with Crippen LogP contribution in [0.2, 0.25) is 0 Å². The zero-order valence-electron chi connectivity index (χ0n) is 15.2. The highest BCUT2D eigenvalue weighted by molar-refractivity contribution is 5.40. The van der Waals surface area contributed by atoms with Gasteiger partial charge in [0.05, 0.1) is 6.54 Å². The Hall–Kier alpha value is -1.95. The first-order chi connectivity index (χ1) is 11.5. The Bertz CT molecular complexity index is 665. The van der Waals surface area contributed by atoms with E-state index in [1.165, 1.54) is 0 Å². The minimum atomic E-state index is 0.463. The van der Waals surface area contributed by atoms with Crippen molar-refractivity contribution in [2.75, 3.05) is 24.5 Å². The molecule has 3 heterocycles. The van der Waals surface area contributed by atoms with Crippen molar-refractivity contribution in [3.05, 3.63) is 36.0 Å². The quantitative estimate of drug-likeness (QED) is 0.843. The molecule has 0 aromatic carbocycles. The van der Waals surface area contributed by atoms with Gasteiger partial charge < -0.3 is 4.90 Å². The molecule has 1 unspecified atom stereocenters. The highest BCUT2D eigenvalue weighted by Crippen LogP contribution is 2.19. The molecule has 1 aliphatic heterocycles. The molecule has 0 aliphatic carbocycles. The number of aromatic nitrogens is 4. The molecule has 3 rings (SSSR count). The molecule has 1 saturated heterocycles. The van der Waals surface area contributed by atoms with Gasteiger partial charge >= 0.3 is 0 Å². The molecule has 2 aromatic rings. The summed E-state index contributed by atoms with van der Waals surface area (Å²) in [6.07, 6.45) is 1.68. The minimum Gasteiger partial charge on any atom is -0.354 e. The fraction of sp³-hybridized carbons (Fsp3) is 0.611. The second-order valence-electron chi connectivity index (χ2n) is 7.15. The second-order valence-corrected chi connectivity index (χ2v) is 7.15. The summed E-state index contributed by atoms with van der Waals surface area (Å²) in [7, 11) is 0. The highest BCUT2D eigenvalue weighted by atomic mass is 15.4. The van der Waals surface area contributed by atoms with Crippen molar-refractivity contribution < 1.29 is 0 Å². The Labute approximate surface area is 144 Å². The van der Waals surface area contributed by atoms with Gasteiger partial charge in [0.25, 0.3) is 0 Å². The van der Waals surface area contributed by atoms with Gasteiger partial charge in [-0.1, -0.05) is 19.9 Å². The number of piperazine rings is 1. The van der Waals surface area contributed by atoms with Crippen LogP contribution in [-0.4, -0.2) is 50.3 Å². The van der Waals surface area contributed by atoms with Crippen molar-refractivity contribution in [3.8, 4) is 0 Å². The first kappa shape index (κ1) is 16.9. The smallest absolute Gasteiger partial charge is 0.141 e. The van der Waals surface area contributed by atoms with Crippen molar-refractivity contribution >= 4 is 5.82 Å². The maximum absolute atomic E-state index is 4.66. The van der Waals surface area contributed by atoms with Gasteiger partial charge in [-0.15, -0.1) is 0 Å². The second kappa shape index (κ2) is 7.30. The Morgan fingerprint density at radius 1 is 1.25 bits per heavy atom. The highest BCUT2D eigenvalue weighted by Gasteiger charge is 2.25. The van der Waals surface area contributed by atoms with Crippen LogP contribution >= 0.6 is 0 Å². The van der Waals surface area contributed by atoms with E-state index in [0.717, 1.165) is 50.1 Å². The lowest BCUT2D eigenvalue weighted by Gasteiger charge is -2.40. The molecule has 130 valence electrons. The van der Waals surface area contributed by atoms with Crippen LogP contribution in [-0.2, 0) is 13.1 Å². The first-order valence-electron chi connectivity index (χ1n) is 8.82. The van der Waals surface area contributed by atoms with E-state index in [1.807, 2.05) is 17.7 Å². The maximum atomic E-state index is 4.66. The van der Waals surface area contributed by atoms with Crippen LogP contribution in [0.1, 0.15) is 32.3 Å². The standard InChI is InChI=1S/C18H28N6/c1-14(2)10-24-18(19-13-20-24)12-22-8-9-23(11-16(22)4)17-7-5-6-15(3)21-17/h5-7,13-14,16H,8-12H2,1-4H3. The molecule has 0 radical (unpaired) electrons. The Morgan fingerprint density at radius 2 is 2.08 bits per heavy atom. The van der Waals surface area contributed by atoms with E-state index in [4.69, 9.17) is 0 Å². The normalized spacial score (nSPS) is 19.2. The molecular weight excluding hydrogens is 300 g/mol. The van der Waals surface area contributed by atoms with E-state index in [9.17, 15) is 0 Å². The SMILES string of the molecule is Cc1cccc(N2CCN(Cc3ncnn3CC(C)C)C(C)C2)n1. The monoisotopic (exact) mass is 328 g/mol. The number of hydrogen-bond acceptors (Lipinski definition) is 5. The summed E-state index contributed by atoms with van der Waals surface area (Å²) in [6, 6.07) is 6.70. The van der Waals surface area contributed by atoms with Crippen molar-refractivity contribution in [2.24, 2.45) is 5.92 Å². The number of hydrogen-bond donors (Lipinski definition) is 0. The first-order valence-corrected chi connectivity index (χ1v) is 8.82. The van der Waals surface area contributed by atoms with Crippen molar-refractivity contribution in [1.29, 1.82) is 0 Å². The van der Waals surface area contributed by atoms with E-state index in [0.29, 0.717) is 12.0 Å². The largest absolute Gasteiger partial charge is 0.354 e. The molecule has 2 aromatic heterocycles. The number of anilines is 1. The van der Waals surface area contributed by atoms with Crippen LogP contribution in [0, 0.1) is 12.8 Å². The van der Waals surface area contributed by atoms with E-state index in [2.05, 4.69) is 57.8 Å². The Kier molecular flexibility index (Phi) is 5.14. The summed E-state index contributed by atoms with van der Waals surface area (Å²) in [6.45, 7) is 13.6. The predicted molar refractivity (Wildman–Crippen MR) is 95.9 cm³/mol. The summed E-state index contributed by atoms with van der Waals surface area (Å²) >= 11 is 0. The van der Waals surface area contributed by atoms with Crippen molar-refractivity contribution in [2.45, 2.75) is 46.8 Å². The third kappa shape index (κ3) is 3.93. The fourth-order valence-electron chi connectivity index (χ4n) is 3.23. The molecule has 6 nitrogen and oxygen atoms in total. The van der Waals surface area contributed by atoms with Crippen LogP contribution in [0.4, 0.5) is 5.82 Å². The summed E-state index contributed by atoms with van der Waals surface area (Å²) < 4.78 is 2.05. The average Bonchev–Trinajstić information content (AvgIpc) is 2.95. The van der Waals surface area contributed by atoms with Gasteiger partial charge in [0, 0.05) is 37.9 Å². The molecule has 0 saturated carbocycles. The van der Waals surface area contributed by atoms with Gasteiger partial charge in [-0.2, -0.15) is 5.10 Å². The lowest BCUT2D eigenvalue weighted by Crippen LogP contribution is -2.52. The third-order valence-electron chi connectivity index (χ3n) is 4.54. The van der Waals surface area contributed by atoms with Gasteiger partial charge in [-0.05, 0) is 31.9 Å². The van der Waals surface area contributed by atoms with Crippen LogP contribution in [0.5, 0.6) is 0 Å². The van der Waals surface area contributed by atoms with Gasteiger partial charge in [-0.3, -0.25) is 4.90 Å². The van der Waals surface area contributed by atoms with Gasteiger partial charge in [0.1, 0.15) is 18.0 Å². The van der Waals surface area contributed by atoms with Crippen LogP contribution in [0.3, 0.4) is 0 Å². The molecule has 0 bridgehead atoms. The molecule has 1 fully saturated rings. The number of pyridine rings is 1. The van der Waals surface area contributed by atoms with Crippen LogP contribution < -0.4 is 4.90 Å². The van der Waals surface area contributed by atoms with Crippen molar-refractivity contribution in [1.82, 2.24) is 24.6 Å². The minimum absolute atomic E-state index is 0.463. The third-order valence-corrected chi connectivity index (χ3v) is 4.54. The Balaban J connectivity index is 1.63. The maximum Gasteiger partial charge on any atom is 0.141 e.